The summed E-state index contributed by atoms with van der Waals surface area (Å²) in [5, 5.41) is 17.3. The van der Waals surface area contributed by atoms with E-state index in [9.17, 15) is 5.11 Å². The number of aromatic amines is 1. The van der Waals surface area contributed by atoms with E-state index in [1.165, 1.54) is 0 Å². The average Bonchev–Trinajstić information content (AvgIpc) is 2.85. The van der Waals surface area contributed by atoms with Crippen LogP contribution in [0.3, 0.4) is 0 Å². The zero-order chi connectivity index (χ0) is 13.4. The van der Waals surface area contributed by atoms with Crippen molar-refractivity contribution in [1.82, 2.24) is 20.2 Å². The summed E-state index contributed by atoms with van der Waals surface area (Å²) in [6, 6.07) is 0. The Hall–Kier alpha value is -1.89. The van der Waals surface area contributed by atoms with Crippen molar-refractivity contribution in [2.24, 2.45) is 5.92 Å². The highest BCUT2D eigenvalue weighted by atomic mass is 16.3. The van der Waals surface area contributed by atoms with Crippen molar-refractivity contribution < 1.29 is 5.11 Å². The normalized spacial score (nSPS) is 18.9. The number of aliphatic hydroxyl groups is 1. The first kappa shape index (κ1) is 12.2. The van der Waals surface area contributed by atoms with E-state index in [0.717, 1.165) is 37.1 Å². The fourth-order valence-corrected chi connectivity index (χ4v) is 2.67. The van der Waals surface area contributed by atoms with Crippen molar-refractivity contribution in [3.8, 4) is 0 Å². The number of nitrogens with zero attached hydrogens (tertiary/aromatic N) is 4. The van der Waals surface area contributed by atoms with Gasteiger partial charge in [0.15, 0.2) is 5.65 Å². The lowest BCUT2D eigenvalue weighted by Crippen LogP contribution is -2.37. The minimum absolute atomic E-state index is 0.244. The first-order valence-corrected chi connectivity index (χ1v) is 6.55. The van der Waals surface area contributed by atoms with E-state index in [0.29, 0.717) is 11.6 Å². The van der Waals surface area contributed by atoms with Gasteiger partial charge in [-0.2, -0.15) is 15.1 Å². The molecule has 4 N–H and O–H groups in total. The Balaban J connectivity index is 1.87. The second-order valence-electron chi connectivity index (χ2n) is 5.10. The lowest BCUT2D eigenvalue weighted by atomic mass is 9.92. The summed E-state index contributed by atoms with van der Waals surface area (Å²) >= 11 is 0. The van der Waals surface area contributed by atoms with Crippen LogP contribution in [0.15, 0.2) is 6.20 Å². The number of nitrogens with one attached hydrogen (secondary N) is 1. The molecule has 1 unspecified atom stereocenters. The van der Waals surface area contributed by atoms with E-state index in [2.05, 4.69) is 25.1 Å². The summed E-state index contributed by atoms with van der Waals surface area (Å²) in [5.74, 6) is 1.46. The number of hydrogen-bond acceptors (Lipinski definition) is 6. The van der Waals surface area contributed by atoms with Crippen LogP contribution in [0.2, 0.25) is 0 Å². The molecule has 0 aliphatic carbocycles. The van der Waals surface area contributed by atoms with Crippen molar-refractivity contribution in [3.05, 3.63) is 6.20 Å². The Morgan fingerprint density at radius 1 is 1.42 bits per heavy atom. The van der Waals surface area contributed by atoms with Gasteiger partial charge in [0, 0.05) is 13.1 Å². The van der Waals surface area contributed by atoms with Gasteiger partial charge in [0.1, 0.15) is 5.82 Å². The molecule has 3 rings (SSSR count). The van der Waals surface area contributed by atoms with Crippen molar-refractivity contribution in [2.45, 2.75) is 25.9 Å². The number of aromatic nitrogens is 4. The SMILES string of the molecule is CC(O)C1CCN(c2nc(N)nc3[nH]ncc23)CC1. The van der Waals surface area contributed by atoms with Crippen LogP contribution >= 0.6 is 0 Å². The van der Waals surface area contributed by atoms with Gasteiger partial charge < -0.3 is 15.7 Å². The molecule has 0 radical (unpaired) electrons. The second-order valence-corrected chi connectivity index (χ2v) is 5.10. The van der Waals surface area contributed by atoms with Crippen LogP contribution in [0.1, 0.15) is 19.8 Å². The summed E-state index contributed by atoms with van der Waals surface area (Å²) in [6.07, 6.45) is 3.40. The van der Waals surface area contributed by atoms with Crippen LogP contribution in [-0.4, -0.2) is 44.5 Å². The third kappa shape index (κ3) is 2.21. The quantitative estimate of drug-likeness (QED) is 0.729. The average molecular weight is 262 g/mol. The molecule has 2 aromatic heterocycles. The maximum atomic E-state index is 9.64. The number of rotatable bonds is 2. The van der Waals surface area contributed by atoms with Crippen molar-refractivity contribution in [1.29, 1.82) is 0 Å². The number of hydrogen-bond donors (Lipinski definition) is 3. The van der Waals surface area contributed by atoms with Crippen LogP contribution in [0, 0.1) is 5.92 Å². The van der Waals surface area contributed by atoms with Gasteiger partial charge in [-0.25, -0.2) is 0 Å². The molecule has 0 amide bonds. The minimum Gasteiger partial charge on any atom is -0.393 e. The minimum atomic E-state index is -0.244. The molecule has 3 heterocycles. The molecule has 0 bridgehead atoms. The Labute approximate surface area is 110 Å². The Bertz CT molecular complexity index is 573. The van der Waals surface area contributed by atoms with E-state index >= 15 is 0 Å². The van der Waals surface area contributed by atoms with Gasteiger partial charge in [-0.3, -0.25) is 5.10 Å². The van der Waals surface area contributed by atoms with Gasteiger partial charge in [-0.05, 0) is 25.7 Å². The van der Waals surface area contributed by atoms with Crippen LogP contribution in [-0.2, 0) is 0 Å². The molecule has 1 aliphatic rings. The predicted octanol–water partition coefficient (Wildman–Crippen LogP) is 0.532. The van der Waals surface area contributed by atoms with Crippen LogP contribution in [0.5, 0.6) is 0 Å². The van der Waals surface area contributed by atoms with E-state index in [1.807, 2.05) is 6.92 Å². The maximum Gasteiger partial charge on any atom is 0.224 e. The largest absolute Gasteiger partial charge is 0.393 e. The van der Waals surface area contributed by atoms with Gasteiger partial charge in [0.05, 0.1) is 17.7 Å². The zero-order valence-corrected chi connectivity index (χ0v) is 10.9. The molecule has 102 valence electrons. The Morgan fingerprint density at radius 2 is 2.16 bits per heavy atom. The molecule has 7 nitrogen and oxygen atoms in total. The standard InChI is InChI=1S/C12H18N6O/c1-7(19)8-2-4-18(5-3-8)11-9-6-14-17-10(9)15-12(13)16-11/h6-8,19H,2-5H2,1H3,(H3,13,14,15,16,17). The summed E-state index contributed by atoms with van der Waals surface area (Å²) in [6.45, 7) is 3.59. The van der Waals surface area contributed by atoms with Crippen molar-refractivity contribution in [2.75, 3.05) is 23.7 Å². The van der Waals surface area contributed by atoms with E-state index in [4.69, 9.17) is 5.73 Å². The smallest absolute Gasteiger partial charge is 0.224 e. The third-order valence-electron chi connectivity index (χ3n) is 3.83. The highest BCUT2D eigenvalue weighted by molar-refractivity contribution is 5.87. The number of fused-ring (bicyclic) bond motifs is 1. The topological polar surface area (TPSA) is 104 Å². The van der Waals surface area contributed by atoms with Crippen LogP contribution in [0.25, 0.3) is 11.0 Å². The number of nitrogen functional groups attached to an aromatic ring is 1. The summed E-state index contributed by atoms with van der Waals surface area (Å²) in [5.41, 5.74) is 6.40. The Kier molecular flexibility index (Phi) is 2.98. The number of anilines is 2. The molecule has 7 heteroatoms. The van der Waals surface area contributed by atoms with E-state index in [1.54, 1.807) is 6.20 Å². The number of H-pyrrole nitrogens is 1. The molecule has 1 aliphatic heterocycles. The summed E-state index contributed by atoms with van der Waals surface area (Å²) in [7, 11) is 0. The molecule has 1 atom stereocenters. The van der Waals surface area contributed by atoms with Crippen molar-refractivity contribution in [3.63, 3.8) is 0 Å². The molecular formula is C12H18N6O. The molecule has 0 saturated carbocycles. The van der Waals surface area contributed by atoms with Gasteiger partial charge in [0.2, 0.25) is 5.95 Å². The van der Waals surface area contributed by atoms with E-state index in [-0.39, 0.29) is 12.1 Å². The molecular weight excluding hydrogens is 244 g/mol. The summed E-state index contributed by atoms with van der Waals surface area (Å²) < 4.78 is 0. The number of aliphatic hydroxyl groups excluding tert-OH is 1. The first-order chi connectivity index (χ1) is 9.15. The highest BCUT2D eigenvalue weighted by Gasteiger charge is 2.25. The first-order valence-electron chi connectivity index (χ1n) is 6.55. The molecule has 0 spiro atoms. The predicted molar refractivity (Wildman–Crippen MR) is 72.7 cm³/mol. The van der Waals surface area contributed by atoms with Gasteiger partial charge >= 0.3 is 0 Å². The lowest BCUT2D eigenvalue weighted by Gasteiger charge is -2.34. The second kappa shape index (κ2) is 4.65. The van der Waals surface area contributed by atoms with Crippen LogP contribution < -0.4 is 10.6 Å². The van der Waals surface area contributed by atoms with Gasteiger partial charge in [-0.15, -0.1) is 0 Å². The lowest BCUT2D eigenvalue weighted by molar-refractivity contribution is 0.110. The van der Waals surface area contributed by atoms with Crippen LogP contribution in [0.4, 0.5) is 11.8 Å². The monoisotopic (exact) mass is 262 g/mol. The molecule has 19 heavy (non-hydrogen) atoms. The molecule has 1 fully saturated rings. The number of piperidine rings is 1. The van der Waals surface area contributed by atoms with Crippen molar-refractivity contribution >= 4 is 22.8 Å². The molecule has 0 aromatic carbocycles. The molecule has 2 aromatic rings. The third-order valence-corrected chi connectivity index (χ3v) is 3.83. The Morgan fingerprint density at radius 3 is 2.84 bits per heavy atom. The molecule has 1 saturated heterocycles. The highest BCUT2D eigenvalue weighted by Crippen LogP contribution is 2.28. The number of nitrogens with two attached hydrogens (primary N) is 1. The fraction of sp³-hybridized carbons (Fsp3) is 0.583. The van der Waals surface area contributed by atoms with Gasteiger partial charge in [0.25, 0.3) is 0 Å². The van der Waals surface area contributed by atoms with E-state index < -0.39 is 0 Å². The zero-order valence-electron chi connectivity index (χ0n) is 10.9. The maximum absolute atomic E-state index is 9.64. The summed E-state index contributed by atoms with van der Waals surface area (Å²) in [4.78, 5) is 10.6. The fourth-order valence-electron chi connectivity index (χ4n) is 2.67. The van der Waals surface area contributed by atoms with Gasteiger partial charge in [-0.1, -0.05) is 0 Å².